The molecule has 1 aliphatic heterocycles. The molecule has 3 aromatic rings. The Labute approximate surface area is 218 Å². The summed E-state index contributed by atoms with van der Waals surface area (Å²) < 4.78 is 46.0. The summed E-state index contributed by atoms with van der Waals surface area (Å²) in [5.74, 6) is -1.91. The van der Waals surface area contributed by atoms with Gasteiger partial charge < -0.3 is 14.7 Å². The van der Waals surface area contributed by atoms with E-state index in [0.717, 1.165) is 22.7 Å². The van der Waals surface area contributed by atoms with E-state index in [1.54, 1.807) is 48.5 Å². The van der Waals surface area contributed by atoms with Crippen molar-refractivity contribution < 1.29 is 32.6 Å². The Morgan fingerprint density at radius 3 is 2.16 bits per heavy atom. The highest BCUT2D eigenvalue weighted by atomic mass is 19.4. The van der Waals surface area contributed by atoms with Gasteiger partial charge in [-0.2, -0.15) is 13.2 Å². The van der Waals surface area contributed by atoms with Gasteiger partial charge in [0.25, 0.3) is 11.7 Å². The Morgan fingerprint density at radius 1 is 0.974 bits per heavy atom. The van der Waals surface area contributed by atoms with E-state index in [2.05, 4.69) is 0 Å². The highest BCUT2D eigenvalue weighted by Gasteiger charge is 2.47. The number of aliphatic hydroxyl groups excluding tert-OH is 1. The lowest BCUT2D eigenvalue weighted by Gasteiger charge is -2.26. The van der Waals surface area contributed by atoms with Crippen LogP contribution >= 0.6 is 0 Å². The third-order valence-corrected chi connectivity index (χ3v) is 6.12. The smallest absolute Gasteiger partial charge is 0.416 e. The number of anilines is 2. The summed E-state index contributed by atoms with van der Waals surface area (Å²) in [6.45, 7) is 3.73. The predicted octanol–water partition coefficient (Wildman–Crippen LogP) is 6.18. The van der Waals surface area contributed by atoms with Crippen molar-refractivity contribution in [2.75, 3.05) is 23.9 Å². The van der Waals surface area contributed by atoms with Crippen LogP contribution in [0.3, 0.4) is 0 Å². The number of hydrogen-bond acceptors (Lipinski definition) is 5. The number of hydrogen-bond donors (Lipinski definition) is 1. The summed E-state index contributed by atoms with van der Waals surface area (Å²) in [5, 5.41) is 11.3. The summed E-state index contributed by atoms with van der Waals surface area (Å²) in [5.41, 5.74) is 0.266. The lowest BCUT2D eigenvalue weighted by molar-refractivity contribution is -0.137. The van der Waals surface area contributed by atoms with E-state index in [9.17, 15) is 27.9 Å². The van der Waals surface area contributed by atoms with E-state index in [-0.39, 0.29) is 22.9 Å². The van der Waals surface area contributed by atoms with E-state index in [4.69, 9.17) is 4.74 Å². The molecule has 6 nitrogen and oxygen atoms in total. The van der Waals surface area contributed by atoms with E-state index >= 15 is 0 Å². The summed E-state index contributed by atoms with van der Waals surface area (Å²) in [4.78, 5) is 29.4. The zero-order valence-corrected chi connectivity index (χ0v) is 21.3. The number of aliphatic hydroxyl groups is 1. The Bertz CT molecular complexity index is 1380. The van der Waals surface area contributed by atoms with Crippen molar-refractivity contribution in [3.8, 4) is 5.75 Å². The third-order valence-electron chi connectivity index (χ3n) is 6.12. The number of amides is 1. The molecule has 1 saturated heterocycles. The van der Waals surface area contributed by atoms with Crippen LogP contribution in [-0.2, 0) is 15.8 Å². The van der Waals surface area contributed by atoms with Crippen LogP contribution < -0.4 is 14.5 Å². The number of carbonyl (C=O) groups is 2. The van der Waals surface area contributed by atoms with Crippen LogP contribution in [0.5, 0.6) is 5.75 Å². The molecule has 0 bridgehead atoms. The molecular weight excluding hydrogens is 497 g/mol. The monoisotopic (exact) mass is 524 g/mol. The lowest BCUT2D eigenvalue weighted by atomic mass is 9.94. The molecule has 0 radical (unpaired) electrons. The van der Waals surface area contributed by atoms with Gasteiger partial charge >= 0.3 is 6.18 Å². The normalized spacial score (nSPS) is 17.3. The van der Waals surface area contributed by atoms with Crippen molar-refractivity contribution in [1.29, 1.82) is 0 Å². The van der Waals surface area contributed by atoms with Gasteiger partial charge in [-0.1, -0.05) is 18.2 Å². The number of ketones is 1. The molecule has 1 atom stereocenters. The molecule has 38 heavy (non-hydrogen) atoms. The standard InChI is InChI=1S/C29H27F3N2O4/c1-17(2)38-23-14-10-19(11-15-23)26(35)24-25(18-8-12-21(13-9-18)33(3)4)34(28(37)27(24)36)22-7-5-6-20(16-22)29(30,31)32/h5-17,25,35H,1-4H3/b26-24+. The molecule has 1 fully saturated rings. The second-order valence-electron chi connectivity index (χ2n) is 9.39. The number of ether oxygens (including phenoxy) is 1. The molecule has 3 aromatic carbocycles. The van der Waals surface area contributed by atoms with Crippen molar-refractivity contribution >= 4 is 28.8 Å². The van der Waals surface area contributed by atoms with Gasteiger partial charge in [0.05, 0.1) is 23.3 Å². The number of nitrogens with zero attached hydrogens (tertiary/aromatic N) is 2. The maximum atomic E-state index is 13.5. The minimum Gasteiger partial charge on any atom is -0.507 e. The van der Waals surface area contributed by atoms with Crippen molar-refractivity contribution in [2.45, 2.75) is 32.2 Å². The number of Topliss-reactive ketones (excluding diaryl/α,β-unsaturated/α-hetero) is 1. The largest absolute Gasteiger partial charge is 0.507 e. The van der Waals surface area contributed by atoms with Crippen molar-refractivity contribution in [3.05, 3.63) is 95.1 Å². The Morgan fingerprint density at radius 2 is 1.61 bits per heavy atom. The summed E-state index contributed by atoms with van der Waals surface area (Å²) >= 11 is 0. The van der Waals surface area contributed by atoms with Crippen LogP contribution in [0.4, 0.5) is 24.5 Å². The zero-order chi connectivity index (χ0) is 27.8. The van der Waals surface area contributed by atoms with Gasteiger partial charge in [-0.25, -0.2) is 0 Å². The summed E-state index contributed by atoms with van der Waals surface area (Å²) in [7, 11) is 3.69. The summed E-state index contributed by atoms with van der Waals surface area (Å²) in [6.07, 6.45) is -4.72. The average molecular weight is 525 g/mol. The van der Waals surface area contributed by atoms with E-state index in [1.165, 1.54) is 12.1 Å². The van der Waals surface area contributed by atoms with Crippen molar-refractivity contribution in [2.24, 2.45) is 0 Å². The molecule has 9 heteroatoms. The number of benzene rings is 3. The van der Waals surface area contributed by atoms with E-state index in [0.29, 0.717) is 11.3 Å². The van der Waals surface area contributed by atoms with Crippen LogP contribution in [0.15, 0.2) is 78.4 Å². The molecule has 1 unspecified atom stereocenters. The van der Waals surface area contributed by atoms with Gasteiger partial charge in [0, 0.05) is 31.0 Å². The average Bonchev–Trinajstić information content (AvgIpc) is 3.13. The van der Waals surface area contributed by atoms with E-state index in [1.807, 2.05) is 32.8 Å². The van der Waals surface area contributed by atoms with Crippen LogP contribution in [0, 0.1) is 0 Å². The maximum Gasteiger partial charge on any atom is 0.416 e. The molecule has 0 saturated carbocycles. The lowest BCUT2D eigenvalue weighted by Crippen LogP contribution is -2.29. The van der Waals surface area contributed by atoms with Gasteiger partial charge in [0.2, 0.25) is 0 Å². The molecule has 1 N–H and O–H groups in total. The topological polar surface area (TPSA) is 70.1 Å². The third kappa shape index (κ3) is 5.22. The second-order valence-corrected chi connectivity index (χ2v) is 9.39. The molecule has 0 spiro atoms. The van der Waals surface area contributed by atoms with Gasteiger partial charge in [-0.3, -0.25) is 14.5 Å². The fourth-order valence-electron chi connectivity index (χ4n) is 4.32. The molecule has 1 heterocycles. The Hall–Kier alpha value is -4.27. The first-order valence-electron chi connectivity index (χ1n) is 11.9. The fraction of sp³-hybridized carbons (Fsp3) is 0.241. The van der Waals surface area contributed by atoms with Crippen molar-refractivity contribution in [1.82, 2.24) is 0 Å². The highest BCUT2D eigenvalue weighted by molar-refractivity contribution is 6.51. The number of rotatable bonds is 6. The first-order valence-corrected chi connectivity index (χ1v) is 11.9. The SMILES string of the molecule is CC(C)Oc1ccc(/C(O)=C2\C(=O)C(=O)N(c3cccc(C(F)(F)F)c3)C2c2ccc(N(C)C)cc2)cc1. The molecule has 1 aliphatic rings. The fourth-order valence-corrected chi connectivity index (χ4v) is 4.32. The molecule has 4 rings (SSSR count). The quantitative estimate of drug-likeness (QED) is 0.237. The van der Waals surface area contributed by atoms with Crippen LogP contribution in [0.1, 0.15) is 36.6 Å². The maximum absolute atomic E-state index is 13.5. The van der Waals surface area contributed by atoms with E-state index < -0.39 is 35.2 Å². The second kappa shape index (κ2) is 10.2. The minimum absolute atomic E-state index is 0.0719. The minimum atomic E-state index is -4.65. The number of carbonyl (C=O) groups excluding carboxylic acids is 2. The highest BCUT2D eigenvalue weighted by Crippen LogP contribution is 2.43. The molecule has 0 aromatic heterocycles. The van der Waals surface area contributed by atoms with Crippen LogP contribution in [0.2, 0.25) is 0 Å². The predicted molar refractivity (Wildman–Crippen MR) is 139 cm³/mol. The molecule has 1 amide bonds. The molecular formula is C29H27F3N2O4. The van der Waals surface area contributed by atoms with Crippen LogP contribution in [0.25, 0.3) is 5.76 Å². The van der Waals surface area contributed by atoms with Gasteiger partial charge in [0.15, 0.2) is 0 Å². The van der Waals surface area contributed by atoms with Gasteiger partial charge in [0.1, 0.15) is 11.5 Å². The Kier molecular flexibility index (Phi) is 7.22. The zero-order valence-electron chi connectivity index (χ0n) is 21.3. The molecule has 0 aliphatic carbocycles. The van der Waals surface area contributed by atoms with Crippen molar-refractivity contribution in [3.63, 3.8) is 0 Å². The van der Waals surface area contributed by atoms with Gasteiger partial charge in [-0.05, 0) is 74.0 Å². The number of halogens is 3. The van der Waals surface area contributed by atoms with Gasteiger partial charge in [-0.15, -0.1) is 0 Å². The Balaban J connectivity index is 1.88. The molecule has 198 valence electrons. The van der Waals surface area contributed by atoms with Crippen LogP contribution in [-0.4, -0.2) is 37.0 Å². The summed E-state index contributed by atoms with van der Waals surface area (Å²) in [6, 6.07) is 16.3. The first-order chi connectivity index (χ1) is 17.9. The number of alkyl halides is 3. The first kappa shape index (κ1) is 26.8.